The first-order valence-electron chi connectivity index (χ1n) is 18.0. The molecule has 1 aliphatic rings. The van der Waals surface area contributed by atoms with Crippen molar-refractivity contribution in [1.29, 1.82) is 0 Å². The largest absolute Gasteiger partial charge is 0.348 e. The minimum absolute atomic E-state index is 0.301. The second-order valence-electron chi connectivity index (χ2n) is 13.6. The van der Waals surface area contributed by atoms with Gasteiger partial charge in [0.2, 0.25) is 0 Å². The summed E-state index contributed by atoms with van der Waals surface area (Å²) in [6.07, 6.45) is -0.0946. The standard InChI is InChI=1S/C46H46NO4P/c1-45(2)48-36-44(49-45)46(41-29-17-7-18-30-41,42-31-19-8-20-32-42)51-52(47(34-38-23-11-4-12-24-38)35-39-25-13-5-14-26-39)50-43(40-27-15-6-16-28-40)33-37-21-9-3-10-22-37/h3-32,43-44H,33-36H2,1-2H3/t43?,44-,52?/m1/s1. The third-order valence-electron chi connectivity index (χ3n) is 9.39. The van der Waals surface area contributed by atoms with Gasteiger partial charge in [0.05, 0.1) is 12.7 Å². The van der Waals surface area contributed by atoms with Gasteiger partial charge in [0.1, 0.15) is 6.10 Å². The molecule has 3 atom stereocenters. The van der Waals surface area contributed by atoms with Gasteiger partial charge in [0.15, 0.2) is 11.4 Å². The van der Waals surface area contributed by atoms with Gasteiger partial charge in [0.25, 0.3) is 8.53 Å². The van der Waals surface area contributed by atoms with Crippen LogP contribution in [0.15, 0.2) is 182 Å². The van der Waals surface area contributed by atoms with Crippen molar-refractivity contribution in [3.8, 4) is 0 Å². The second kappa shape index (κ2) is 16.9. The van der Waals surface area contributed by atoms with Crippen molar-refractivity contribution in [2.24, 2.45) is 0 Å². The Morgan fingerprint density at radius 2 is 1.04 bits per heavy atom. The molecule has 6 aromatic carbocycles. The molecule has 0 bridgehead atoms. The van der Waals surface area contributed by atoms with Crippen LogP contribution in [0.3, 0.4) is 0 Å². The van der Waals surface area contributed by atoms with E-state index in [0.717, 1.165) is 16.7 Å². The molecule has 264 valence electrons. The van der Waals surface area contributed by atoms with E-state index in [1.165, 1.54) is 16.7 Å². The maximum absolute atomic E-state index is 7.85. The Morgan fingerprint density at radius 3 is 1.48 bits per heavy atom. The summed E-state index contributed by atoms with van der Waals surface area (Å²) >= 11 is 0. The van der Waals surface area contributed by atoms with E-state index in [9.17, 15) is 0 Å². The van der Waals surface area contributed by atoms with Crippen LogP contribution >= 0.6 is 8.53 Å². The molecule has 0 saturated carbocycles. The van der Waals surface area contributed by atoms with Crippen molar-refractivity contribution in [1.82, 2.24) is 4.67 Å². The average molecular weight is 708 g/mol. The van der Waals surface area contributed by atoms with Crippen molar-refractivity contribution >= 4 is 8.53 Å². The monoisotopic (exact) mass is 707 g/mol. The molecule has 0 aromatic heterocycles. The number of nitrogens with zero attached hydrogens (tertiary/aromatic N) is 1. The lowest BCUT2D eigenvalue weighted by atomic mass is 9.82. The summed E-state index contributed by atoms with van der Waals surface area (Å²) in [4.78, 5) is 0. The molecule has 1 aliphatic heterocycles. The quantitative estimate of drug-likeness (QED) is 0.0994. The normalized spacial score (nSPS) is 16.8. The molecule has 0 aliphatic carbocycles. The molecule has 6 heteroatoms. The predicted octanol–water partition coefficient (Wildman–Crippen LogP) is 11.0. The van der Waals surface area contributed by atoms with Gasteiger partial charge in [-0.1, -0.05) is 182 Å². The molecule has 2 unspecified atom stereocenters. The lowest BCUT2D eigenvalue weighted by Crippen LogP contribution is -2.45. The van der Waals surface area contributed by atoms with Crippen molar-refractivity contribution in [2.75, 3.05) is 6.61 Å². The van der Waals surface area contributed by atoms with E-state index in [1.807, 2.05) is 26.0 Å². The molecule has 6 aromatic rings. The van der Waals surface area contributed by atoms with Gasteiger partial charge in [-0.3, -0.25) is 0 Å². The summed E-state index contributed by atoms with van der Waals surface area (Å²) in [5.74, 6) is -0.792. The highest BCUT2D eigenvalue weighted by Crippen LogP contribution is 2.58. The highest BCUT2D eigenvalue weighted by molar-refractivity contribution is 7.44. The van der Waals surface area contributed by atoms with Gasteiger partial charge in [-0.15, -0.1) is 0 Å². The van der Waals surface area contributed by atoms with Gasteiger partial charge in [0, 0.05) is 19.5 Å². The fourth-order valence-electron chi connectivity index (χ4n) is 6.81. The second-order valence-corrected chi connectivity index (χ2v) is 15.0. The number of benzene rings is 6. The number of rotatable bonds is 15. The SMILES string of the molecule is CC1(C)OC[C@H](C(OP(OC(Cc2ccccc2)c2ccccc2)N(Cc2ccccc2)Cc2ccccc2)(c2ccccc2)c2ccccc2)O1. The lowest BCUT2D eigenvalue weighted by molar-refractivity contribution is -0.161. The molecule has 0 amide bonds. The van der Waals surface area contributed by atoms with Gasteiger partial charge < -0.3 is 18.5 Å². The third kappa shape index (κ3) is 8.77. The van der Waals surface area contributed by atoms with E-state index in [0.29, 0.717) is 26.1 Å². The van der Waals surface area contributed by atoms with E-state index >= 15 is 0 Å². The molecule has 52 heavy (non-hydrogen) atoms. The summed E-state index contributed by atoms with van der Waals surface area (Å²) in [6, 6.07) is 63.1. The molecule has 0 radical (unpaired) electrons. The van der Waals surface area contributed by atoms with E-state index in [1.54, 1.807) is 0 Å². The summed E-state index contributed by atoms with van der Waals surface area (Å²) in [5.41, 5.74) is 5.49. The number of hydrogen-bond donors (Lipinski definition) is 0. The van der Waals surface area contributed by atoms with E-state index in [-0.39, 0.29) is 6.10 Å². The molecule has 5 nitrogen and oxygen atoms in total. The minimum atomic E-state index is -1.81. The zero-order valence-electron chi connectivity index (χ0n) is 29.8. The van der Waals surface area contributed by atoms with E-state index in [2.05, 4.69) is 175 Å². The Balaban J connectivity index is 1.41. The fraction of sp³-hybridized carbons (Fsp3) is 0.217. The molecular weight excluding hydrogens is 661 g/mol. The zero-order valence-corrected chi connectivity index (χ0v) is 30.7. The average Bonchev–Trinajstić information content (AvgIpc) is 3.57. The van der Waals surface area contributed by atoms with Crippen LogP contribution < -0.4 is 0 Å². The summed E-state index contributed by atoms with van der Waals surface area (Å²) in [5, 5.41) is 0. The van der Waals surface area contributed by atoms with Crippen LogP contribution in [-0.2, 0) is 43.6 Å². The van der Waals surface area contributed by atoms with Gasteiger partial charge >= 0.3 is 0 Å². The van der Waals surface area contributed by atoms with Crippen LogP contribution in [0.2, 0.25) is 0 Å². The Kier molecular flexibility index (Phi) is 11.7. The summed E-state index contributed by atoms with van der Waals surface area (Å²) in [6.45, 7) is 5.51. The van der Waals surface area contributed by atoms with Gasteiger partial charge in [-0.05, 0) is 47.2 Å². The Hall–Kier alpha value is -4.45. The van der Waals surface area contributed by atoms with Crippen LogP contribution in [0, 0.1) is 0 Å². The van der Waals surface area contributed by atoms with Crippen LogP contribution in [0.5, 0.6) is 0 Å². The van der Waals surface area contributed by atoms with Crippen molar-refractivity contribution in [3.63, 3.8) is 0 Å². The predicted molar refractivity (Wildman–Crippen MR) is 209 cm³/mol. The van der Waals surface area contributed by atoms with Gasteiger partial charge in [-0.25, -0.2) is 4.67 Å². The highest BCUT2D eigenvalue weighted by atomic mass is 31.2. The smallest absolute Gasteiger partial charge is 0.261 e. The maximum Gasteiger partial charge on any atom is 0.261 e. The zero-order chi connectivity index (χ0) is 35.6. The molecule has 1 saturated heterocycles. The minimum Gasteiger partial charge on any atom is -0.348 e. The maximum atomic E-state index is 7.85. The summed E-state index contributed by atoms with van der Waals surface area (Å²) < 4.78 is 30.9. The molecule has 1 fully saturated rings. The van der Waals surface area contributed by atoms with Gasteiger partial charge in [-0.2, -0.15) is 0 Å². The van der Waals surface area contributed by atoms with Crippen LogP contribution in [0.4, 0.5) is 0 Å². The Labute approximate surface area is 309 Å². The molecule has 1 heterocycles. The first-order valence-corrected chi connectivity index (χ1v) is 19.1. The summed E-state index contributed by atoms with van der Waals surface area (Å²) in [7, 11) is -1.81. The lowest BCUT2D eigenvalue weighted by Gasteiger charge is -2.44. The Bertz CT molecular complexity index is 1850. The van der Waals surface area contributed by atoms with Crippen LogP contribution in [0.25, 0.3) is 0 Å². The van der Waals surface area contributed by atoms with Crippen molar-refractivity contribution in [2.45, 2.75) is 57.0 Å². The van der Waals surface area contributed by atoms with E-state index in [4.69, 9.17) is 18.5 Å². The molecule has 7 rings (SSSR count). The first-order chi connectivity index (χ1) is 25.5. The third-order valence-corrected chi connectivity index (χ3v) is 11.0. The van der Waals surface area contributed by atoms with E-state index < -0.39 is 26.0 Å². The first kappa shape index (κ1) is 35.9. The van der Waals surface area contributed by atoms with Crippen molar-refractivity contribution < 1.29 is 18.5 Å². The fourth-order valence-corrected chi connectivity index (χ4v) is 8.65. The molecular formula is C46H46NO4P. The highest BCUT2D eigenvalue weighted by Gasteiger charge is 2.53. The number of ether oxygens (including phenoxy) is 2. The molecule has 0 spiro atoms. The van der Waals surface area contributed by atoms with Crippen LogP contribution in [-0.4, -0.2) is 23.2 Å². The van der Waals surface area contributed by atoms with Crippen LogP contribution in [0.1, 0.15) is 53.3 Å². The number of hydrogen-bond acceptors (Lipinski definition) is 5. The Morgan fingerprint density at radius 1 is 0.615 bits per heavy atom. The molecule has 0 N–H and O–H groups in total. The topological polar surface area (TPSA) is 40.2 Å². The van der Waals surface area contributed by atoms with Crippen molar-refractivity contribution in [3.05, 3.63) is 215 Å².